The molecule has 26 heavy (non-hydrogen) atoms. The molecule has 0 N–H and O–H groups in total. The monoisotopic (exact) mass is 348 g/mol. The highest BCUT2D eigenvalue weighted by Gasteiger charge is 2.25. The first kappa shape index (κ1) is 16.7. The summed E-state index contributed by atoms with van der Waals surface area (Å²) in [6, 6.07) is 16.8. The van der Waals surface area contributed by atoms with Crippen LogP contribution in [0.15, 0.2) is 54.6 Å². The van der Waals surface area contributed by atoms with Gasteiger partial charge in [0.25, 0.3) is 5.91 Å². The zero-order valence-electron chi connectivity index (χ0n) is 14.8. The minimum atomic E-state index is -0.313. The molecule has 0 spiro atoms. The molecule has 1 fully saturated rings. The number of benzene rings is 2. The molecule has 0 radical (unpaired) electrons. The summed E-state index contributed by atoms with van der Waals surface area (Å²) >= 11 is 0. The lowest BCUT2D eigenvalue weighted by Gasteiger charge is -2.32. The second kappa shape index (κ2) is 6.87. The number of aromatic nitrogens is 1. The smallest absolute Gasteiger partial charge is 0.255 e. The molecule has 4 heteroatoms. The molecule has 3 nitrogen and oxygen atoms in total. The molecule has 1 aliphatic heterocycles. The first-order valence-electron chi connectivity index (χ1n) is 9.03. The molecule has 1 amide bonds. The molecule has 132 valence electrons. The standard InChI is InChI=1S/C22H21FN2O/c1-15-20(13-18-7-8-19(23)14-21(18)24-15)22(26)25-11-9-17(10-12-25)16-5-3-2-4-6-16/h2-8,13-14,17H,9-12H2,1H3. The van der Waals surface area contributed by atoms with Crippen LogP contribution in [0.25, 0.3) is 10.9 Å². The fourth-order valence-electron chi connectivity index (χ4n) is 3.76. The molecule has 0 saturated carbocycles. The van der Waals surface area contributed by atoms with Crippen molar-refractivity contribution in [1.82, 2.24) is 9.88 Å². The topological polar surface area (TPSA) is 33.2 Å². The summed E-state index contributed by atoms with van der Waals surface area (Å²) in [6.45, 7) is 3.31. The van der Waals surface area contributed by atoms with Gasteiger partial charge in [0.2, 0.25) is 0 Å². The zero-order valence-corrected chi connectivity index (χ0v) is 14.8. The molecule has 1 saturated heterocycles. The van der Waals surface area contributed by atoms with Crippen molar-refractivity contribution in [2.75, 3.05) is 13.1 Å². The summed E-state index contributed by atoms with van der Waals surface area (Å²) in [4.78, 5) is 19.3. The molecule has 2 aromatic carbocycles. The summed E-state index contributed by atoms with van der Waals surface area (Å²) in [7, 11) is 0. The molecule has 4 rings (SSSR count). The number of amides is 1. The SMILES string of the molecule is Cc1nc2cc(F)ccc2cc1C(=O)N1CCC(c2ccccc2)CC1. The predicted molar refractivity (Wildman–Crippen MR) is 101 cm³/mol. The molecule has 1 aromatic heterocycles. The van der Waals surface area contributed by atoms with Gasteiger partial charge in [-0.25, -0.2) is 4.39 Å². The number of carbonyl (C=O) groups is 1. The molecule has 0 unspecified atom stereocenters. The Hall–Kier alpha value is -2.75. The molecular weight excluding hydrogens is 327 g/mol. The van der Waals surface area contributed by atoms with E-state index in [0.717, 1.165) is 31.3 Å². The third kappa shape index (κ3) is 3.19. The van der Waals surface area contributed by atoms with Crippen LogP contribution >= 0.6 is 0 Å². The number of hydrogen-bond acceptors (Lipinski definition) is 2. The number of aryl methyl sites for hydroxylation is 1. The summed E-state index contributed by atoms with van der Waals surface area (Å²) in [6.07, 6.45) is 1.95. The van der Waals surface area contributed by atoms with Crippen molar-refractivity contribution in [3.8, 4) is 0 Å². The Morgan fingerprint density at radius 1 is 1.08 bits per heavy atom. The fraction of sp³-hybridized carbons (Fsp3) is 0.273. The number of halogens is 1. The van der Waals surface area contributed by atoms with Crippen LogP contribution in [0.3, 0.4) is 0 Å². The van der Waals surface area contributed by atoms with Crippen molar-refractivity contribution < 1.29 is 9.18 Å². The van der Waals surface area contributed by atoms with Crippen molar-refractivity contribution in [2.24, 2.45) is 0 Å². The molecule has 0 bridgehead atoms. The van der Waals surface area contributed by atoms with E-state index in [1.54, 1.807) is 6.07 Å². The Morgan fingerprint density at radius 2 is 1.81 bits per heavy atom. The van der Waals surface area contributed by atoms with E-state index in [1.807, 2.05) is 24.0 Å². The summed E-state index contributed by atoms with van der Waals surface area (Å²) in [5, 5.41) is 0.791. The minimum absolute atomic E-state index is 0.0211. The van der Waals surface area contributed by atoms with Gasteiger partial charge in [-0.2, -0.15) is 0 Å². The van der Waals surface area contributed by atoms with Crippen molar-refractivity contribution in [2.45, 2.75) is 25.7 Å². The van der Waals surface area contributed by atoms with E-state index in [9.17, 15) is 9.18 Å². The van der Waals surface area contributed by atoms with Gasteiger partial charge in [-0.15, -0.1) is 0 Å². The second-order valence-corrected chi connectivity index (χ2v) is 6.94. The molecule has 2 heterocycles. The van der Waals surface area contributed by atoms with Crippen molar-refractivity contribution in [3.63, 3.8) is 0 Å². The highest BCUT2D eigenvalue weighted by molar-refractivity contribution is 5.98. The first-order chi connectivity index (χ1) is 12.6. The highest BCUT2D eigenvalue weighted by Crippen LogP contribution is 2.29. The largest absolute Gasteiger partial charge is 0.339 e. The summed E-state index contributed by atoms with van der Waals surface area (Å²) < 4.78 is 13.4. The van der Waals surface area contributed by atoms with E-state index in [-0.39, 0.29) is 11.7 Å². The number of likely N-dealkylation sites (tertiary alicyclic amines) is 1. The minimum Gasteiger partial charge on any atom is -0.339 e. The Kier molecular flexibility index (Phi) is 4.41. The van der Waals surface area contributed by atoms with E-state index >= 15 is 0 Å². The van der Waals surface area contributed by atoms with E-state index in [4.69, 9.17) is 0 Å². The van der Waals surface area contributed by atoms with Gasteiger partial charge in [0.1, 0.15) is 5.82 Å². The lowest BCUT2D eigenvalue weighted by Crippen LogP contribution is -2.38. The second-order valence-electron chi connectivity index (χ2n) is 6.94. The Labute approximate surface area is 152 Å². The maximum Gasteiger partial charge on any atom is 0.255 e. The lowest BCUT2D eigenvalue weighted by atomic mass is 9.89. The summed E-state index contributed by atoms with van der Waals surface area (Å²) in [5.74, 6) is 0.221. The van der Waals surface area contributed by atoms with Crippen LogP contribution in [0.1, 0.15) is 40.4 Å². The van der Waals surface area contributed by atoms with Crippen LogP contribution in [-0.4, -0.2) is 28.9 Å². The number of rotatable bonds is 2. The van der Waals surface area contributed by atoms with Gasteiger partial charge in [-0.05, 0) is 49.4 Å². The van der Waals surface area contributed by atoms with E-state index in [0.29, 0.717) is 22.7 Å². The summed E-state index contributed by atoms with van der Waals surface area (Å²) in [5.41, 5.74) is 3.20. The van der Waals surface area contributed by atoms with Gasteiger partial charge < -0.3 is 4.90 Å². The van der Waals surface area contributed by atoms with E-state index < -0.39 is 0 Å². The quantitative estimate of drug-likeness (QED) is 0.672. The van der Waals surface area contributed by atoms with Gasteiger partial charge in [0.15, 0.2) is 0 Å². The third-order valence-electron chi connectivity index (χ3n) is 5.25. The van der Waals surface area contributed by atoms with Crippen molar-refractivity contribution in [1.29, 1.82) is 0 Å². The van der Waals surface area contributed by atoms with Gasteiger partial charge >= 0.3 is 0 Å². The van der Waals surface area contributed by atoms with Crippen LogP contribution in [-0.2, 0) is 0 Å². The number of nitrogens with zero attached hydrogens (tertiary/aromatic N) is 2. The van der Waals surface area contributed by atoms with Crippen LogP contribution in [0, 0.1) is 12.7 Å². The molecule has 3 aromatic rings. The maximum atomic E-state index is 13.4. The number of pyridine rings is 1. The number of fused-ring (bicyclic) bond motifs is 1. The van der Waals surface area contributed by atoms with Gasteiger partial charge in [0.05, 0.1) is 16.8 Å². The Bertz CT molecular complexity index is 947. The van der Waals surface area contributed by atoms with Gasteiger partial charge in [-0.3, -0.25) is 9.78 Å². The number of hydrogen-bond donors (Lipinski definition) is 0. The average Bonchev–Trinajstić information content (AvgIpc) is 2.68. The number of carbonyl (C=O) groups excluding carboxylic acids is 1. The lowest BCUT2D eigenvalue weighted by molar-refractivity contribution is 0.0712. The fourth-order valence-corrected chi connectivity index (χ4v) is 3.76. The van der Waals surface area contributed by atoms with Crippen LogP contribution in [0.2, 0.25) is 0 Å². The third-order valence-corrected chi connectivity index (χ3v) is 5.25. The normalized spacial score (nSPS) is 15.4. The highest BCUT2D eigenvalue weighted by atomic mass is 19.1. The van der Waals surface area contributed by atoms with Crippen LogP contribution in [0.4, 0.5) is 4.39 Å². The van der Waals surface area contributed by atoms with Gasteiger partial charge in [-0.1, -0.05) is 30.3 Å². The van der Waals surface area contributed by atoms with Crippen molar-refractivity contribution >= 4 is 16.8 Å². The van der Waals surface area contributed by atoms with Crippen molar-refractivity contribution in [3.05, 3.63) is 77.2 Å². The molecule has 0 atom stereocenters. The van der Waals surface area contributed by atoms with Crippen LogP contribution < -0.4 is 0 Å². The van der Waals surface area contributed by atoms with E-state index in [1.165, 1.54) is 17.7 Å². The Balaban J connectivity index is 1.52. The molecule has 0 aliphatic carbocycles. The first-order valence-corrected chi connectivity index (χ1v) is 9.03. The van der Waals surface area contributed by atoms with E-state index in [2.05, 4.69) is 29.2 Å². The van der Waals surface area contributed by atoms with Gasteiger partial charge in [0, 0.05) is 24.5 Å². The molecular formula is C22H21FN2O. The zero-order chi connectivity index (χ0) is 18.1. The average molecular weight is 348 g/mol. The maximum absolute atomic E-state index is 13.4. The number of piperidine rings is 1. The Morgan fingerprint density at radius 3 is 2.54 bits per heavy atom. The molecule has 1 aliphatic rings. The predicted octanol–water partition coefficient (Wildman–Crippen LogP) is 4.70. The van der Waals surface area contributed by atoms with Crippen LogP contribution in [0.5, 0.6) is 0 Å².